The Morgan fingerprint density at radius 3 is 2.86 bits per heavy atom. The minimum Gasteiger partial charge on any atom is -0.348 e. The number of piperidine rings is 1. The summed E-state index contributed by atoms with van der Waals surface area (Å²) in [5.41, 5.74) is 2.39. The summed E-state index contributed by atoms with van der Waals surface area (Å²) in [4.78, 5) is 14.7. The summed E-state index contributed by atoms with van der Waals surface area (Å²) < 4.78 is 0. The van der Waals surface area contributed by atoms with Gasteiger partial charge in [0.05, 0.1) is 0 Å². The lowest BCUT2D eigenvalue weighted by Gasteiger charge is -2.33. The molecule has 1 fully saturated rings. The predicted molar refractivity (Wildman–Crippen MR) is 89.7 cm³/mol. The van der Waals surface area contributed by atoms with Crippen LogP contribution in [0.25, 0.3) is 0 Å². The van der Waals surface area contributed by atoms with E-state index in [1.54, 1.807) is 0 Å². The van der Waals surface area contributed by atoms with Crippen LogP contribution in [0.2, 0.25) is 0 Å². The smallest absolute Gasteiger partial charge is 0.247 e. The van der Waals surface area contributed by atoms with E-state index in [2.05, 4.69) is 46.6 Å². The molecule has 1 amide bonds. The van der Waals surface area contributed by atoms with Crippen LogP contribution >= 0.6 is 0 Å². The van der Waals surface area contributed by atoms with Crippen LogP contribution in [0.15, 0.2) is 42.0 Å². The van der Waals surface area contributed by atoms with Gasteiger partial charge in [-0.25, -0.2) is 0 Å². The van der Waals surface area contributed by atoms with Gasteiger partial charge in [-0.2, -0.15) is 0 Å². The number of carbonyl (C=O) groups excluding carboxylic acids is 1. The lowest BCUT2D eigenvalue weighted by atomic mass is 10.0. The number of likely N-dealkylation sites (tertiary alicyclic amines) is 1. The van der Waals surface area contributed by atoms with Gasteiger partial charge < -0.3 is 10.2 Å². The zero-order valence-corrected chi connectivity index (χ0v) is 13.3. The maximum Gasteiger partial charge on any atom is 0.247 e. The van der Waals surface area contributed by atoms with Crippen LogP contribution in [0.1, 0.15) is 37.7 Å². The molecule has 0 saturated carbocycles. The molecule has 1 aromatic rings. The Morgan fingerprint density at radius 2 is 2.09 bits per heavy atom. The largest absolute Gasteiger partial charge is 0.348 e. The fraction of sp³-hybridized carbons (Fsp3) is 0.526. The number of carbonyl (C=O) groups is 1. The molecule has 118 valence electrons. The lowest BCUT2D eigenvalue weighted by Crippen LogP contribution is -2.48. The maximum absolute atomic E-state index is 12.2. The van der Waals surface area contributed by atoms with Crippen molar-refractivity contribution in [3.05, 3.63) is 47.5 Å². The summed E-state index contributed by atoms with van der Waals surface area (Å²) in [6, 6.07) is 11.0. The van der Waals surface area contributed by atoms with Gasteiger partial charge in [0.1, 0.15) is 0 Å². The van der Waals surface area contributed by atoms with Gasteiger partial charge in [-0.05, 0) is 50.6 Å². The van der Waals surface area contributed by atoms with Crippen molar-refractivity contribution >= 4 is 5.91 Å². The summed E-state index contributed by atoms with van der Waals surface area (Å²) in [7, 11) is 0. The minimum absolute atomic E-state index is 0.174. The molecule has 3 rings (SSSR count). The topological polar surface area (TPSA) is 32.3 Å². The molecule has 0 unspecified atom stereocenters. The first-order valence-electron chi connectivity index (χ1n) is 8.57. The van der Waals surface area contributed by atoms with Crippen molar-refractivity contribution in [1.29, 1.82) is 0 Å². The van der Waals surface area contributed by atoms with E-state index >= 15 is 0 Å². The second-order valence-corrected chi connectivity index (χ2v) is 6.47. The molecule has 1 aliphatic heterocycles. The average molecular weight is 298 g/mol. The fourth-order valence-corrected chi connectivity index (χ4v) is 3.46. The molecular formula is C19H26N2O. The SMILES string of the molecule is O=C(N[C@@H]1CCCN(CCc2ccccc2)C1)C1=CCCC1. The number of nitrogens with one attached hydrogen (secondary N) is 1. The zero-order valence-electron chi connectivity index (χ0n) is 13.3. The van der Waals surface area contributed by atoms with Crippen LogP contribution in [0, 0.1) is 0 Å². The number of rotatable bonds is 5. The van der Waals surface area contributed by atoms with Crippen LogP contribution < -0.4 is 5.32 Å². The Balaban J connectivity index is 1.46. The Bertz CT molecular complexity index is 523. The van der Waals surface area contributed by atoms with Crippen molar-refractivity contribution in [3.63, 3.8) is 0 Å². The molecule has 0 aromatic heterocycles. The average Bonchev–Trinajstić information content (AvgIpc) is 3.09. The van der Waals surface area contributed by atoms with Gasteiger partial charge in [0, 0.05) is 24.7 Å². The van der Waals surface area contributed by atoms with Crippen molar-refractivity contribution in [2.75, 3.05) is 19.6 Å². The number of benzene rings is 1. The zero-order chi connectivity index (χ0) is 15.2. The van der Waals surface area contributed by atoms with E-state index in [4.69, 9.17) is 0 Å². The highest BCUT2D eigenvalue weighted by Gasteiger charge is 2.23. The summed E-state index contributed by atoms with van der Waals surface area (Å²) in [6.45, 7) is 3.23. The molecule has 3 nitrogen and oxygen atoms in total. The molecule has 1 aromatic carbocycles. The fourth-order valence-electron chi connectivity index (χ4n) is 3.46. The van der Waals surface area contributed by atoms with Gasteiger partial charge in [-0.1, -0.05) is 36.4 Å². The first-order chi connectivity index (χ1) is 10.8. The van der Waals surface area contributed by atoms with Crippen molar-refractivity contribution in [2.24, 2.45) is 0 Å². The van der Waals surface area contributed by atoms with Gasteiger partial charge in [0.2, 0.25) is 5.91 Å². The second kappa shape index (κ2) is 7.59. The summed E-state index contributed by atoms with van der Waals surface area (Å²) in [5, 5.41) is 3.24. The van der Waals surface area contributed by atoms with Gasteiger partial charge >= 0.3 is 0 Å². The summed E-state index contributed by atoms with van der Waals surface area (Å²) >= 11 is 0. The monoisotopic (exact) mass is 298 g/mol. The predicted octanol–water partition coefficient (Wildman–Crippen LogP) is 2.92. The van der Waals surface area contributed by atoms with Crippen molar-refractivity contribution in [1.82, 2.24) is 10.2 Å². The Labute approximate surface area is 133 Å². The van der Waals surface area contributed by atoms with E-state index in [0.29, 0.717) is 6.04 Å². The highest BCUT2D eigenvalue weighted by Crippen LogP contribution is 2.18. The van der Waals surface area contributed by atoms with Gasteiger partial charge in [0.15, 0.2) is 0 Å². The number of hydrogen-bond donors (Lipinski definition) is 1. The molecule has 2 aliphatic rings. The van der Waals surface area contributed by atoms with E-state index in [9.17, 15) is 4.79 Å². The van der Waals surface area contributed by atoms with Crippen LogP contribution in [-0.2, 0) is 11.2 Å². The number of allylic oxidation sites excluding steroid dienone is 1. The van der Waals surface area contributed by atoms with Crippen LogP contribution in [0.5, 0.6) is 0 Å². The normalized spacial score (nSPS) is 22.4. The third-order valence-corrected chi connectivity index (χ3v) is 4.73. The Kier molecular flexibility index (Phi) is 5.28. The third-order valence-electron chi connectivity index (χ3n) is 4.73. The number of hydrogen-bond acceptors (Lipinski definition) is 2. The van der Waals surface area contributed by atoms with E-state index in [-0.39, 0.29) is 5.91 Å². The summed E-state index contributed by atoms with van der Waals surface area (Å²) in [6.07, 6.45) is 8.64. The van der Waals surface area contributed by atoms with Gasteiger partial charge in [0.25, 0.3) is 0 Å². The van der Waals surface area contributed by atoms with E-state index in [1.165, 1.54) is 12.0 Å². The number of amides is 1. The van der Waals surface area contributed by atoms with Crippen LogP contribution in [0.3, 0.4) is 0 Å². The van der Waals surface area contributed by atoms with Crippen LogP contribution in [0.4, 0.5) is 0 Å². The molecular weight excluding hydrogens is 272 g/mol. The van der Waals surface area contributed by atoms with Gasteiger partial charge in [-0.15, -0.1) is 0 Å². The van der Waals surface area contributed by atoms with Crippen molar-refractivity contribution < 1.29 is 4.79 Å². The minimum atomic E-state index is 0.174. The second-order valence-electron chi connectivity index (χ2n) is 6.47. The Morgan fingerprint density at radius 1 is 1.23 bits per heavy atom. The summed E-state index contributed by atoms with van der Waals surface area (Å²) in [5.74, 6) is 0.174. The number of nitrogens with zero attached hydrogens (tertiary/aromatic N) is 1. The molecule has 3 heteroatoms. The molecule has 0 bridgehead atoms. The van der Waals surface area contributed by atoms with E-state index < -0.39 is 0 Å². The first-order valence-corrected chi connectivity index (χ1v) is 8.57. The maximum atomic E-state index is 12.2. The molecule has 1 saturated heterocycles. The highest BCUT2D eigenvalue weighted by molar-refractivity contribution is 5.93. The standard InChI is InChI=1S/C19H26N2O/c22-19(17-9-4-5-10-17)20-18-11-6-13-21(15-18)14-12-16-7-2-1-3-8-16/h1-3,7-9,18H,4-6,10-15H2,(H,20,22)/t18-/m1/s1. The Hall–Kier alpha value is -1.61. The van der Waals surface area contributed by atoms with E-state index in [1.807, 2.05) is 0 Å². The molecule has 1 N–H and O–H groups in total. The molecule has 0 radical (unpaired) electrons. The molecule has 0 spiro atoms. The highest BCUT2D eigenvalue weighted by atomic mass is 16.1. The molecule has 1 heterocycles. The quantitative estimate of drug-likeness (QED) is 0.906. The lowest BCUT2D eigenvalue weighted by molar-refractivity contribution is -0.118. The molecule has 22 heavy (non-hydrogen) atoms. The van der Waals surface area contributed by atoms with Gasteiger partial charge in [-0.3, -0.25) is 4.79 Å². The molecule has 1 aliphatic carbocycles. The van der Waals surface area contributed by atoms with Crippen LogP contribution in [-0.4, -0.2) is 36.5 Å². The van der Waals surface area contributed by atoms with E-state index in [0.717, 1.165) is 57.3 Å². The molecule has 1 atom stereocenters. The third kappa shape index (κ3) is 4.20. The first kappa shape index (κ1) is 15.3. The van der Waals surface area contributed by atoms with Crippen molar-refractivity contribution in [3.8, 4) is 0 Å². The van der Waals surface area contributed by atoms with Crippen molar-refractivity contribution in [2.45, 2.75) is 44.6 Å².